The summed E-state index contributed by atoms with van der Waals surface area (Å²) in [7, 11) is -3.26. The zero-order valence-corrected chi connectivity index (χ0v) is 14.2. The van der Waals surface area contributed by atoms with Crippen LogP contribution >= 0.6 is 0 Å². The summed E-state index contributed by atoms with van der Waals surface area (Å²) in [5.74, 6) is 0.142. The molecule has 0 aromatic heterocycles. The monoisotopic (exact) mass is 326 g/mol. The molecule has 124 valence electrons. The molecule has 22 heavy (non-hydrogen) atoms. The maximum atomic E-state index is 11.9. The van der Waals surface area contributed by atoms with Gasteiger partial charge in [-0.05, 0) is 50.3 Å². The summed E-state index contributed by atoms with van der Waals surface area (Å²) >= 11 is 0. The molecule has 0 saturated carbocycles. The van der Waals surface area contributed by atoms with Crippen LogP contribution in [-0.2, 0) is 14.8 Å². The Kier molecular flexibility index (Phi) is 6.08. The molecule has 0 spiro atoms. The predicted octanol–water partition coefficient (Wildman–Crippen LogP) is 3.13. The first-order chi connectivity index (χ1) is 10.5. The van der Waals surface area contributed by atoms with Crippen molar-refractivity contribution in [3.05, 3.63) is 23.8 Å². The topological polar surface area (TPSA) is 67.4 Å². The average Bonchev–Trinajstić information content (AvgIpc) is 2.96. The summed E-state index contributed by atoms with van der Waals surface area (Å²) in [5, 5.41) is 3.38. The van der Waals surface area contributed by atoms with E-state index in [1.54, 1.807) is 6.07 Å². The molecular weight excluding hydrogens is 300 g/mol. The van der Waals surface area contributed by atoms with E-state index in [4.69, 9.17) is 4.74 Å². The second-order valence-corrected chi connectivity index (χ2v) is 7.59. The van der Waals surface area contributed by atoms with E-state index in [0.29, 0.717) is 18.2 Å². The molecule has 1 aromatic rings. The van der Waals surface area contributed by atoms with E-state index in [9.17, 15) is 8.42 Å². The standard InChI is InChI=1S/C16H26N2O3S/c1-3-12-22(19,20)18-16-8-4-7-15(13(16)2)17-10-9-14-6-5-11-21-14/h4,7-8,14,17-18H,3,5-6,9-12H2,1-2H3. The van der Waals surface area contributed by atoms with Crippen LogP contribution in [0.15, 0.2) is 18.2 Å². The number of hydrogen-bond acceptors (Lipinski definition) is 4. The number of anilines is 2. The van der Waals surface area contributed by atoms with Crippen molar-refractivity contribution in [2.45, 2.75) is 45.6 Å². The normalized spacial score (nSPS) is 18.4. The molecule has 0 bridgehead atoms. The zero-order chi connectivity index (χ0) is 16.0. The second-order valence-electron chi connectivity index (χ2n) is 5.75. The van der Waals surface area contributed by atoms with Crippen molar-refractivity contribution in [2.75, 3.05) is 28.9 Å². The first-order valence-electron chi connectivity index (χ1n) is 7.97. The van der Waals surface area contributed by atoms with Gasteiger partial charge >= 0.3 is 0 Å². The van der Waals surface area contributed by atoms with Crippen molar-refractivity contribution in [1.29, 1.82) is 0 Å². The first kappa shape index (κ1) is 17.1. The lowest BCUT2D eigenvalue weighted by atomic mass is 10.1. The molecule has 1 saturated heterocycles. The fraction of sp³-hybridized carbons (Fsp3) is 0.625. The summed E-state index contributed by atoms with van der Waals surface area (Å²) in [6.07, 6.45) is 4.23. The van der Waals surface area contributed by atoms with E-state index in [1.165, 1.54) is 0 Å². The largest absolute Gasteiger partial charge is 0.385 e. The minimum Gasteiger partial charge on any atom is -0.385 e. The number of benzene rings is 1. The molecule has 2 N–H and O–H groups in total. The van der Waals surface area contributed by atoms with Gasteiger partial charge in [-0.15, -0.1) is 0 Å². The highest BCUT2D eigenvalue weighted by Crippen LogP contribution is 2.25. The molecule has 1 unspecified atom stereocenters. The van der Waals surface area contributed by atoms with Crippen molar-refractivity contribution in [3.63, 3.8) is 0 Å². The van der Waals surface area contributed by atoms with E-state index in [2.05, 4.69) is 10.0 Å². The van der Waals surface area contributed by atoms with Crippen LogP contribution in [0.1, 0.15) is 38.2 Å². The Morgan fingerprint density at radius 2 is 2.09 bits per heavy atom. The third kappa shape index (κ3) is 4.88. The Hall–Kier alpha value is -1.27. The maximum Gasteiger partial charge on any atom is 0.232 e. The van der Waals surface area contributed by atoms with Crippen LogP contribution in [0.5, 0.6) is 0 Å². The van der Waals surface area contributed by atoms with Gasteiger partial charge in [-0.25, -0.2) is 8.42 Å². The predicted molar refractivity (Wildman–Crippen MR) is 91.0 cm³/mol. The van der Waals surface area contributed by atoms with Crippen LogP contribution < -0.4 is 10.0 Å². The molecule has 2 rings (SSSR count). The molecule has 1 fully saturated rings. The molecule has 0 amide bonds. The Morgan fingerprint density at radius 1 is 1.32 bits per heavy atom. The highest BCUT2D eigenvalue weighted by atomic mass is 32.2. The molecule has 5 nitrogen and oxygen atoms in total. The van der Waals surface area contributed by atoms with Gasteiger partial charge in [0.2, 0.25) is 10.0 Å². The van der Waals surface area contributed by atoms with Gasteiger partial charge < -0.3 is 10.1 Å². The number of ether oxygens (including phenoxy) is 1. The summed E-state index contributed by atoms with van der Waals surface area (Å²) in [5.41, 5.74) is 2.54. The molecule has 1 atom stereocenters. The van der Waals surface area contributed by atoms with Crippen LogP contribution in [-0.4, -0.2) is 33.4 Å². The molecule has 1 aliphatic rings. The lowest BCUT2D eigenvalue weighted by molar-refractivity contribution is 0.107. The van der Waals surface area contributed by atoms with Crippen molar-refractivity contribution >= 4 is 21.4 Å². The van der Waals surface area contributed by atoms with Crippen LogP contribution in [0.25, 0.3) is 0 Å². The third-order valence-electron chi connectivity index (χ3n) is 3.88. The van der Waals surface area contributed by atoms with E-state index in [0.717, 1.165) is 43.7 Å². The summed E-state index contributed by atoms with van der Waals surface area (Å²) in [6.45, 7) is 5.49. The molecule has 1 heterocycles. The van der Waals surface area contributed by atoms with Crippen molar-refractivity contribution in [1.82, 2.24) is 0 Å². The Bertz CT molecular complexity index is 581. The van der Waals surface area contributed by atoms with Gasteiger partial charge in [-0.1, -0.05) is 13.0 Å². The minimum atomic E-state index is -3.26. The van der Waals surface area contributed by atoms with Crippen molar-refractivity contribution < 1.29 is 13.2 Å². The smallest absolute Gasteiger partial charge is 0.232 e. The van der Waals surface area contributed by atoms with Gasteiger partial charge in [0.1, 0.15) is 0 Å². The fourth-order valence-corrected chi connectivity index (χ4v) is 3.86. The minimum absolute atomic E-state index is 0.142. The van der Waals surface area contributed by atoms with Crippen molar-refractivity contribution in [3.8, 4) is 0 Å². The lowest BCUT2D eigenvalue weighted by Crippen LogP contribution is -2.17. The van der Waals surface area contributed by atoms with Gasteiger partial charge in [-0.3, -0.25) is 4.72 Å². The summed E-state index contributed by atoms with van der Waals surface area (Å²) in [6, 6.07) is 5.64. The van der Waals surface area contributed by atoms with Crippen LogP contribution in [0, 0.1) is 6.92 Å². The van der Waals surface area contributed by atoms with Gasteiger partial charge in [0.05, 0.1) is 17.5 Å². The highest BCUT2D eigenvalue weighted by molar-refractivity contribution is 7.92. The van der Waals surface area contributed by atoms with E-state index in [-0.39, 0.29) is 5.75 Å². The third-order valence-corrected chi connectivity index (χ3v) is 5.35. The molecule has 6 heteroatoms. The quantitative estimate of drug-likeness (QED) is 0.770. The zero-order valence-electron chi connectivity index (χ0n) is 13.4. The molecule has 1 aromatic carbocycles. The SMILES string of the molecule is CCCS(=O)(=O)Nc1cccc(NCCC2CCCO2)c1C. The molecule has 0 aliphatic carbocycles. The van der Waals surface area contributed by atoms with E-state index in [1.807, 2.05) is 26.0 Å². The van der Waals surface area contributed by atoms with Gasteiger partial charge in [0, 0.05) is 18.8 Å². The van der Waals surface area contributed by atoms with Crippen LogP contribution in [0.2, 0.25) is 0 Å². The number of rotatable bonds is 8. The number of sulfonamides is 1. The van der Waals surface area contributed by atoms with Gasteiger partial charge in [0.15, 0.2) is 0 Å². The van der Waals surface area contributed by atoms with Crippen LogP contribution in [0.4, 0.5) is 11.4 Å². The Morgan fingerprint density at radius 3 is 2.77 bits per heavy atom. The first-order valence-corrected chi connectivity index (χ1v) is 9.62. The Balaban J connectivity index is 1.96. The van der Waals surface area contributed by atoms with Gasteiger partial charge in [-0.2, -0.15) is 0 Å². The molecule has 0 radical (unpaired) electrons. The maximum absolute atomic E-state index is 11.9. The van der Waals surface area contributed by atoms with Crippen molar-refractivity contribution in [2.24, 2.45) is 0 Å². The van der Waals surface area contributed by atoms with Crippen LogP contribution in [0.3, 0.4) is 0 Å². The number of nitrogens with one attached hydrogen (secondary N) is 2. The van der Waals surface area contributed by atoms with E-state index < -0.39 is 10.0 Å². The molecular formula is C16H26N2O3S. The fourth-order valence-electron chi connectivity index (χ4n) is 2.66. The number of hydrogen-bond donors (Lipinski definition) is 2. The highest BCUT2D eigenvalue weighted by Gasteiger charge is 2.15. The Labute approximate surface area is 133 Å². The average molecular weight is 326 g/mol. The summed E-state index contributed by atoms with van der Waals surface area (Å²) in [4.78, 5) is 0. The second kappa shape index (κ2) is 7.83. The van der Waals surface area contributed by atoms with E-state index >= 15 is 0 Å². The molecule has 1 aliphatic heterocycles. The lowest BCUT2D eigenvalue weighted by Gasteiger charge is -2.16. The summed E-state index contributed by atoms with van der Waals surface area (Å²) < 4.78 is 32.1. The van der Waals surface area contributed by atoms with Gasteiger partial charge in [0.25, 0.3) is 0 Å².